The van der Waals surface area contributed by atoms with Gasteiger partial charge in [0.15, 0.2) is 0 Å². The SMILES string of the molecule is O=C(NCCCN1CCOCC1)C(=O)NCCOCCO. The van der Waals surface area contributed by atoms with Crippen LogP contribution in [0, 0.1) is 0 Å². The van der Waals surface area contributed by atoms with Gasteiger partial charge >= 0.3 is 11.8 Å². The van der Waals surface area contributed by atoms with Crippen LogP contribution >= 0.6 is 0 Å². The van der Waals surface area contributed by atoms with Crippen LogP contribution in [0.25, 0.3) is 0 Å². The van der Waals surface area contributed by atoms with Crippen molar-refractivity contribution in [1.82, 2.24) is 15.5 Å². The average molecular weight is 303 g/mol. The molecule has 8 nitrogen and oxygen atoms in total. The van der Waals surface area contributed by atoms with Crippen LogP contribution in [0.15, 0.2) is 0 Å². The Labute approximate surface area is 124 Å². The van der Waals surface area contributed by atoms with E-state index in [2.05, 4.69) is 15.5 Å². The Morgan fingerprint density at radius 1 is 1.10 bits per heavy atom. The number of nitrogens with zero attached hydrogens (tertiary/aromatic N) is 1. The molecule has 0 aromatic heterocycles. The highest BCUT2D eigenvalue weighted by Crippen LogP contribution is 1.97. The zero-order valence-electron chi connectivity index (χ0n) is 12.3. The molecule has 2 amide bonds. The number of aliphatic hydroxyl groups excluding tert-OH is 1. The first kappa shape index (κ1) is 17.8. The van der Waals surface area contributed by atoms with E-state index < -0.39 is 11.8 Å². The number of carbonyl (C=O) groups excluding carboxylic acids is 2. The smallest absolute Gasteiger partial charge is 0.309 e. The van der Waals surface area contributed by atoms with Crippen LogP contribution in [0.2, 0.25) is 0 Å². The first-order chi connectivity index (χ1) is 10.2. The first-order valence-corrected chi connectivity index (χ1v) is 7.28. The number of aliphatic hydroxyl groups is 1. The monoisotopic (exact) mass is 303 g/mol. The fourth-order valence-electron chi connectivity index (χ4n) is 1.89. The summed E-state index contributed by atoms with van der Waals surface area (Å²) in [6, 6.07) is 0. The van der Waals surface area contributed by atoms with Crippen LogP contribution in [0.4, 0.5) is 0 Å². The highest BCUT2D eigenvalue weighted by Gasteiger charge is 2.13. The second kappa shape index (κ2) is 11.4. The van der Waals surface area contributed by atoms with Crippen molar-refractivity contribution in [2.24, 2.45) is 0 Å². The lowest BCUT2D eigenvalue weighted by Gasteiger charge is -2.26. The first-order valence-electron chi connectivity index (χ1n) is 7.28. The molecular formula is C13H25N3O5. The van der Waals surface area contributed by atoms with Crippen molar-refractivity contribution in [2.75, 3.05) is 65.8 Å². The molecule has 0 unspecified atom stereocenters. The summed E-state index contributed by atoms with van der Waals surface area (Å²) in [6.07, 6.45) is 0.804. The van der Waals surface area contributed by atoms with Gasteiger partial charge in [0.05, 0.1) is 33.0 Å². The van der Waals surface area contributed by atoms with Crippen molar-refractivity contribution >= 4 is 11.8 Å². The van der Waals surface area contributed by atoms with Crippen molar-refractivity contribution in [2.45, 2.75) is 6.42 Å². The molecule has 21 heavy (non-hydrogen) atoms. The molecule has 0 aromatic carbocycles. The van der Waals surface area contributed by atoms with E-state index in [0.29, 0.717) is 6.54 Å². The summed E-state index contributed by atoms with van der Waals surface area (Å²) in [5.41, 5.74) is 0. The lowest BCUT2D eigenvalue weighted by Crippen LogP contribution is -2.42. The molecule has 1 rings (SSSR count). The average Bonchev–Trinajstić information content (AvgIpc) is 2.52. The molecular weight excluding hydrogens is 278 g/mol. The van der Waals surface area contributed by atoms with E-state index in [1.807, 2.05) is 0 Å². The van der Waals surface area contributed by atoms with Crippen molar-refractivity contribution in [3.8, 4) is 0 Å². The van der Waals surface area contributed by atoms with Gasteiger partial charge in [0, 0.05) is 26.2 Å². The number of hydrogen-bond acceptors (Lipinski definition) is 6. The largest absolute Gasteiger partial charge is 0.394 e. The quantitative estimate of drug-likeness (QED) is 0.335. The molecule has 0 aromatic rings. The number of carbonyl (C=O) groups is 2. The third kappa shape index (κ3) is 8.61. The van der Waals surface area contributed by atoms with Crippen LogP contribution < -0.4 is 10.6 Å². The van der Waals surface area contributed by atoms with Crippen LogP contribution in [0.5, 0.6) is 0 Å². The molecule has 0 radical (unpaired) electrons. The van der Waals surface area contributed by atoms with Gasteiger partial charge in [0.25, 0.3) is 0 Å². The summed E-state index contributed by atoms with van der Waals surface area (Å²) in [4.78, 5) is 25.2. The summed E-state index contributed by atoms with van der Waals surface area (Å²) in [7, 11) is 0. The number of morpholine rings is 1. The Morgan fingerprint density at radius 2 is 1.76 bits per heavy atom. The molecule has 1 aliphatic heterocycles. The Kier molecular flexibility index (Phi) is 9.71. The van der Waals surface area contributed by atoms with Gasteiger partial charge in [-0.1, -0.05) is 0 Å². The van der Waals surface area contributed by atoms with Crippen LogP contribution in [0.3, 0.4) is 0 Å². The summed E-state index contributed by atoms with van der Waals surface area (Å²) in [5, 5.41) is 13.5. The van der Waals surface area contributed by atoms with E-state index in [1.54, 1.807) is 0 Å². The third-order valence-electron chi connectivity index (χ3n) is 3.01. The van der Waals surface area contributed by atoms with Crippen LogP contribution in [-0.4, -0.2) is 87.6 Å². The Balaban J connectivity index is 1.97. The topological polar surface area (TPSA) is 100 Å². The van der Waals surface area contributed by atoms with E-state index in [9.17, 15) is 9.59 Å². The molecule has 1 fully saturated rings. The summed E-state index contributed by atoms with van der Waals surface area (Å²) in [5.74, 6) is -1.28. The number of hydrogen-bond donors (Lipinski definition) is 3. The third-order valence-corrected chi connectivity index (χ3v) is 3.01. The highest BCUT2D eigenvalue weighted by molar-refractivity contribution is 6.35. The van der Waals surface area contributed by atoms with Gasteiger partial charge < -0.3 is 25.2 Å². The molecule has 8 heteroatoms. The summed E-state index contributed by atoms with van der Waals surface area (Å²) < 4.78 is 10.2. The minimum Gasteiger partial charge on any atom is -0.394 e. The summed E-state index contributed by atoms with van der Waals surface area (Å²) >= 11 is 0. The molecule has 0 aliphatic carbocycles. The number of ether oxygens (including phenoxy) is 2. The second-order valence-electron chi connectivity index (χ2n) is 4.66. The Hall–Kier alpha value is -1.22. The predicted molar refractivity (Wildman–Crippen MR) is 75.8 cm³/mol. The van der Waals surface area contributed by atoms with E-state index in [0.717, 1.165) is 39.3 Å². The maximum absolute atomic E-state index is 11.5. The zero-order chi connectivity index (χ0) is 15.3. The molecule has 1 heterocycles. The minimum absolute atomic E-state index is 0.0580. The molecule has 0 spiro atoms. The van der Waals surface area contributed by atoms with E-state index in [4.69, 9.17) is 14.6 Å². The van der Waals surface area contributed by atoms with E-state index >= 15 is 0 Å². The van der Waals surface area contributed by atoms with Gasteiger partial charge in [-0.25, -0.2) is 0 Å². The van der Waals surface area contributed by atoms with Gasteiger partial charge in [-0.2, -0.15) is 0 Å². The lowest BCUT2D eigenvalue weighted by molar-refractivity contribution is -0.139. The van der Waals surface area contributed by atoms with E-state index in [-0.39, 0.29) is 26.4 Å². The number of amides is 2. The second-order valence-corrected chi connectivity index (χ2v) is 4.66. The molecule has 3 N–H and O–H groups in total. The van der Waals surface area contributed by atoms with Gasteiger partial charge in [-0.15, -0.1) is 0 Å². The van der Waals surface area contributed by atoms with Gasteiger partial charge in [0.1, 0.15) is 0 Å². The zero-order valence-corrected chi connectivity index (χ0v) is 12.3. The Morgan fingerprint density at radius 3 is 2.43 bits per heavy atom. The fourth-order valence-corrected chi connectivity index (χ4v) is 1.89. The van der Waals surface area contributed by atoms with Gasteiger partial charge in [-0.05, 0) is 13.0 Å². The lowest BCUT2D eigenvalue weighted by atomic mass is 10.3. The Bertz CT molecular complexity index is 308. The van der Waals surface area contributed by atoms with Crippen molar-refractivity contribution in [1.29, 1.82) is 0 Å². The fraction of sp³-hybridized carbons (Fsp3) is 0.846. The number of nitrogens with one attached hydrogen (secondary N) is 2. The van der Waals surface area contributed by atoms with Crippen LogP contribution in [-0.2, 0) is 19.1 Å². The predicted octanol–water partition coefficient (Wildman–Crippen LogP) is -2.05. The van der Waals surface area contributed by atoms with E-state index in [1.165, 1.54) is 0 Å². The van der Waals surface area contributed by atoms with Gasteiger partial charge in [0.2, 0.25) is 0 Å². The van der Waals surface area contributed by atoms with Crippen molar-refractivity contribution < 1.29 is 24.2 Å². The maximum atomic E-state index is 11.5. The molecule has 1 saturated heterocycles. The van der Waals surface area contributed by atoms with Crippen molar-refractivity contribution in [3.05, 3.63) is 0 Å². The normalized spacial score (nSPS) is 15.7. The molecule has 122 valence electrons. The molecule has 1 aliphatic rings. The minimum atomic E-state index is -0.658. The van der Waals surface area contributed by atoms with Gasteiger partial charge in [-0.3, -0.25) is 14.5 Å². The maximum Gasteiger partial charge on any atom is 0.309 e. The molecule has 0 atom stereocenters. The summed E-state index contributed by atoms with van der Waals surface area (Å²) in [6.45, 7) is 5.41. The van der Waals surface area contributed by atoms with Crippen LogP contribution in [0.1, 0.15) is 6.42 Å². The standard InChI is InChI=1S/C13H25N3O5/c17-7-11-20-8-3-15-13(19)12(18)14-2-1-4-16-5-9-21-10-6-16/h17H,1-11H2,(H,14,18)(H,15,19). The molecule has 0 bridgehead atoms. The number of rotatable bonds is 9. The molecule has 0 saturated carbocycles. The van der Waals surface area contributed by atoms with Crippen molar-refractivity contribution in [3.63, 3.8) is 0 Å². The highest BCUT2D eigenvalue weighted by atomic mass is 16.5.